The molecule has 0 N–H and O–H groups in total. The summed E-state index contributed by atoms with van der Waals surface area (Å²) in [6.45, 7) is 5.41. The van der Waals surface area contributed by atoms with Gasteiger partial charge in [-0.2, -0.15) is 18.2 Å². The molecule has 2 aromatic rings. The van der Waals surface area contributed by atoms with Crippen molar-refractivity contribution in [2.24, 2.45) is 0 Å². The highest BCUT2D eigenvalue weighted by molar-refractivity contribution is 7.92. The quantitative estimate of drug-likeness (QED) is 0.775. The van der Waals surface area contributed by atoms with Gasteiger partial charge in [0.25, 0.3) is 9.84 Å². The van der Waals surface area contributed by atoms with E-state index >= 15 is 0 Å². The second-order valence-corrected chi connectivity index (χ2v) is 8.21. The van der Waals surface area contributed by atoms with Crippen molar-refractivity contribution in [1.29, 1.82) is 0 Å². The van der Waals surface area contributed by atoms with Gasteiger partial charge in [-0.05, 0) is 26.0 Å². The molecule has 3 rings (SSSR count). The summed E-state index contributed by atoms with van der Waals surface area (Å²) in [5.41, 5.74) is -5.27. The molecule has 0 amide bonds. The molecule has 0 aliphatic carbocycles. The molecular formula is C16H19F3N4O3S. The van der Waals surface area contributed by atoms with Crippen LogP contribution in [0.1, 0.15) is 24.7 Å². The third-order valence-corrected chi connectivity index (χ3v) is 6.10. The van der Waals surface area contributed by atoms with E-state index in [-0.39, 0.29) is 11.7 Å². The van der Waals surface area contributed by atoms with Crippen molar-refractivity contribution in [2.75, 3.05) is 31.1 Å². The summed E-state index contributed by atoms with van der Waals surface area (Å²) in [5.74, 6) is 1.00. The molecule has 1 atom stereocenters. The molecule has 0 saturated carbocycles. The van der Waals surface area contributed by atoms with Crippen molar-refractivity contribution in [3.05, 3.63) is 36.0 Å². The number of aromatic nitrogens is 2. The number of hydrogen-bond donors (Lipinski definition) is 0. The van der Waals surface area contributed by atoms with E-state index in [1.54, 1.807) is 11.8 Å². The van der Waals surface area contributed by atoms with Crippen LogP contribution in [0.25, 0.3) is 0 Å². The van der Waals surface area contributed by atoms with Crippen LogP contribution in [0, 0.1) is 6.92 Å². The summed E-state index contributed by atoms with van der Waals surface area (Å²) in [6.07, 6.45) is 0. The lowest BCUT2D eigenvalue weighted by molar-refractivity contribution is -0.0435. The Morgan fingerprint density at radius 2 is 1.78 bits per heavy atom. The molecule has 1 aromatic carbocycles. The zero-order valence-electron chi connectivity index (χ0n) is 14.8. The topological polar surface area (TPSA) is 79.5 Å². The Morgan fingerprint density at radius 3 is 2.33 bits per heavy atom. The molecule has 0 bridgehead atoms. The van der Waals surface area contributed by atoms with Crippen LogP contribution in [0.3, 0.4) is 0 Å². The third kappa shape index (κ3) is 3.79. The fourth-order valence-corrected chi connectivity index (χ4v) is 4.04. The smallest absolute Gasteiger partial charge is 0.368 e. The summed E-state index contributed by atoms with van der Waals surface area (Å²) >= 11 is 0. The van der Waals surface area contributed by atoms with Crippen LogP contribution in [-0.4, -0.2) is 55.1 Å². The SMILES string of the molecule is Cc1noc(C(C)N2CCN(c3ccccc3S(=O)(=O)C(F)(F)F)CC2)n1. The van der Waals surface area contributed by atoms with Gasteiger partial charge < -0.3 is 9.42 Å². The van der Waals surface area contributed by atoms with Gasteiger partial charge in [-0.25, -0.2) is 8.42 Å². The van der Waals surface area contributed by atoms with Crippen LogP contribution < -0.4 is 4.90 Å². The minimum Gasteiger partial charge on any atom is -0.368 e. The van der Waals surface area contributed by atoms with E-state index < -0.39 is 20.2 Å². The number of nitrogens with zero attached hydrogens (tertiary/aromatic N) is 4. The Kier molecular flexibility index (Phi) is 5.17. The lowest BCUT2D eigenvalue weighted by atomic mass is 10.2. The van der Waals surface area contributed by atoms with E-state index in [4.69, 9.17) is 4.52 Å². The van der Waals surface area contributed by atoms with E-state index in [9.17, 15) is 21.6 Å². The van der Waals surface area contributed by atoms with Gasteiger partial charge in [0, 0.05) is 26.2 Å². The first kappa shape index (κ1) is 19.6. The molecule has 27 heavy (non-hydrogen) atoms. The van der Waals surface area contributed by atoms with Crippen LogP contribution in [-0.2, 0) is 9.84 Å². The van der Waals surface area contributed by atoms with Crippen LogP contribution >= 0.6 is 0 Å². The number of aryl methyl sites for hydroxylation is 1. The van der Waals surface area contributed by atoms with E-state index in [0.29, 0.717) is 37.9 Å². The molecular weight excluding hydrogens is 385 g/mol. The molecule has 7 nitrogen and oxygen atoms in total. The molecule has 0 spiro atoms. The van der Waals surface area contributed by atoms with Gasteiger partial charge in [0.15, 0.2) is 5.82 Å². The summed E-state index contributed by atoms with van der Waals surface area (Å²) in [4.78, 5) is 7.20. The maximum Gasteiger partial charge on any atom is 0.501 e. The maximum atomic E-state index is 13.0. The average molecular weight is 404 g/mol. The molecule has 2 heterocycles. The summed E-state index contributed by atoms with van der Waals surface area (Å²) in [6, 6.07) is 5.08. The monoisotopic (exact) mass is 404 g/mol. The zero-order valence-corrected chi connectivity index (χ0v) is 15.6. The average Bonchev–Trinajstić information content (AvgIpc) is 3.07. The van der Waals surface area contributed by atoms with E-state index in [2.05, 4.69) is 15.0 Å². The molecule has 148 valence electrons. The Labute approximate surface area is 154 Å². The fourth-order valence-electron chi connectivity index (χ4n) is 3.06. The second-order valence-electron chi connectivity index (χ2n) is 6.30. The van der Waals surface area contributed by atoms with Crippen molar-refractivity contribution in [3.63, 3.8) is 0 Å². The lowest BCUT2D eigenvalue weighted by Crippen LogP contribution is -2.47. The number of rotatable bonds is 4. The van der Waals surface area contributed by atoms with E-state index in [0.717, 1.165) is 6.07 Å². The molecule has 1 fully saturated rings. The number of benzene rings is 1. The van der Waals surface area contributed by atoms with Gasteiger partial charge in [-0.1, -0.05) is 17.3 Å². The normalized spacial score (nSPS) is 17.9. The van der Waals surface area contributed by atoms with E-state index in [1.165, 1.54) is 18.2 Å². The first-order valence-corrected chi connectivity index (χ1v) is 9.79. The highest BCUT2D eigenvalue weighted by Crippen LogP contribution is 2.36. The van der Waals surface area contributed by atoms with Crippen molar-refractivity contribution in [2.45, 2.75) is 30.3 Å². The van der Waals surface area contributed by atoms with Crippen LogP contribution in [0.5, 0.6) is 0 Å². The summed E-state index contributed by atoms with van der Waals surface area (Å²) < 4.78 is 67.9. The van der Waals surface area contributed by atoms with Crippen LogP contribution in [0.4, 0.5) is 18.9 Å². The molecule has 1 saturated heterocycles. The minimum absolute atomic E-state index is 0.0655. The molecule has 11 heteroatoms. The van der Waals surface area contributed by atoms with Gasteiger partial charge >= 0.3 is 5.51 Å². The van der Waals surface area contributed by atoms with Crippen LogP contribution in [0.15, 0.2) is 33.7 Å². The highest BCUT2D eigenvalue weighted by atomic mass is 32.2. The predicted molar refractivity (Wildman–Crippen MR) is 90.9 cm³/mol. The molecule has 1 aliphatic heterocycles. The maximum absolute atomic E-state index is 13.0. The molecule has 1 unspecified atom stereocenters. The Morgan fingerprint density at radius 1 is 1.15 bits per heavy atom. The first-order chi connectivity index (χ1) is 12.6. The van der Waals surface area contributed by atoms with Crippen molar-refractivity contribution in [1.82, 2.24) is 15.0 Å². The second kappa shape index (κ2) is 7.12. The van der Waals surface area contributed by atoms with Crippen molar-refractivity contribution >= 4 is 15.5 Å². The van der Waals surface area contributed by atoms with Gasteiger partial charge in [-0.3, -0.25) is 4.90 Å². The predicted octanol–water partition coefficient (Wildman–Crippen LogP) is 2.55. The van der Waals surface area contributed by atoms with Gasteiger partial charge in [0.05, 0.1) is 16.6 Å². The fraction of sp³-hybridized carbons (Fsp3) is 0.500. The van der Waals surface area contributed by atoms with Gasteiger partial charge in [-0.15, -0.1) is 0 Å². The number of sulfone groups is 1. The summed E-state index contributed by atoms with van der Waals surface area (Å²) in [5, 5.41) is 3.76. The zero-order chi connectivity index (χ0) is 19.8. The van der Waals surface area contributed by atoms with Gasteiger partial charge in [0.2, 0.25) is 5.89 Å². The standard InChI is InChI=1S/C16H19F3N4O3S/c1-11(15-20-12(2)21-26-15)22-7-9-23(10-8-22)13-5-3-4-6-14(13)27(24,25)16(17,18)19/h3-6,11H,7-10H2,1-2H3. The van der Waals surface area contributed by atoms with E-state index in [1.807, 2.05) is 6.92 Å². The molecule has 1 aliphatic rings. The minimum atomic E-state index is -5.42. The largest absolute Gasteiger partial charge is 0.501 e. The number of anilines is 1. The Bertz CT molecular complexity index is 906. The van der Waals surface area contributed by atoms with Crippen molar-refractivity contribution < 1.29 is 26.1 Å². The number of halogens is 3. The number of hydrogen-bond acceptors (Lipinski definition) is 7. The third-order valence-electron chi connectivity index (χ3n) is 4.56. The lowest BCUT2D eigenvalue weighted by Gasteiger charge is -2.38. The molecule has 0 radical (unpaired) electrons. The Hall–Kier alpha value is -2.14. The van der Waals surface area contributed by atoms with Gasteiger partial charge in [0.1, 0.15) is 0 Å². The molecule has 1 aromatic heterocycles. The number of para-hydroxylation sites is 1. The number of piperazine rings is 1. The summed E-state index contributed by atoms with van der Waals surface area (Å²) in [7, 11) is -5.42. The van der Waals surface area contributed by atoms with Crippen molar-refractivity contribution in [3.8, 4) is 0 Å². The number of alkyl halides is 3. The Balaban J connectivity index is 1.78. The first-order valence-electron chi connectivity index (χ1n) is 8.31. The highest BCUT2D eigenvalue weighted by Gasteiger charge is 2.48. The van der Waals surface area contributed by atoms with Crippen LogP contribution in [0.2, 0.25) is 0 Å².